The van der Waals surface area contributed by atoms with Crippen LogP contribution in [0.5, 0.6) is 11.5 Å². The van der Waals surface area contributed by atoms with E-state index in [2.05, 4.69) is 41.5 Å². The third-order valence-electron chi connectivity index (χ3n) is 13.7. The first-order valence-corrected chi connectivity index (χ1v) is 23.0. The van der Waals surface area contributed by atoms with E-state index in [-0.39, 0.29) is 49.4 Å². The van der Waals surface area contributed by atoms with Crippen molar-refractivity contribution in [3.05, 3.63) is 48.1 Å². The van der Waals surface area contributed by atoms with Crippen molar-refractivity contribution in [2.45, 2.75) is 140 Å². The molecule has 1 aromatic carbocycles. The first kappa shape index (κ1) is 43.1. The van der Waals surface area contributed by atoms with Gasteiger partial charge in [0, 0.05) is 70.1 Å². The first-order valence-electron chi connectivity index (χ1n) is 23.0. The number of aliphatic hydroxyl groups excluding tert-OH is 2. The number of ether oxygens (including phenoxy) is 4. The zero-order valence-electron chi connectivity index (χ0n) is 35.2. The molecule has 0 aromatic heterocycles. The van der Waals surface area contributed by atoms with Gasteiger partial charge in [-0.05, 0) is 92.9 Å². The summed E-state index contributed by atoms with van der Waals surface area (Å²) in [4.78, 5) is 25.5. The second-order valence-electron chi connectivity index (χ2n) is 17.6. The number of nitrogens with zero attached hydrogens (tertiary/aromatic N) is 3. The predicted octanol–water partition coefficient (Wildman–Crippen LogP) is 7.75. The van der Waals surface area contributed by atoms with Gasteiger partial charge in [-0.1, -0.05) is 62.8 Å². The van der Waals surface area contributed by atoms with E-state index in [0.29, 0.717) is 38.5 Å². The van der Waals surface area contributed by atoms with E-state index in [0.717, 1.165) is 119 Å². The van der Waals surface area contributed by atoms with Gasteiger partial charge in [0.25, 0.3) is 0 Å². The van der Waals surface area contributed by atoms with Crippen LogP contribution in [-0.4, -0.2) is 109 Å². The molecule has 7 rings (SSSR count). The molecule has 1 aromatic rings. The maximum absolute atomic E-state index is 14.7. The summed E-state index contributed by atoms with van der Waals surface area (Å²) in [5.41, 5.74) is 2.97. The minimum Gasteiger partial charge on any atom is -0.492 e. The second kappa shape index (κ2) is 21.0. The molecule has 11 heteroatoms. The number of benzene rings is 1. The standard InChI is InChI=1S/C47H71N3O8/c1-3-22-50(43(53)21-18-34-13-5-6-14-34)42-33-40(48-58-44-17-9-12-29-55-44)38-31-35(15-7-10-26-51)37(16-8-11-27-52)45-39-32-36(54-30-25-49-23-24-49)19-20-41(39)57-47(42,46(38)45)56-28-4-2/h4,19-20,31-32,34-35,37,42,44-46,51-52H,2-3,5-18,21-30,33H2,1H3/t35-,37+,42-,44?,45+,46+,47+/m0/s1. The summed E-state index contributed by atoms with van der Waals surface area (Å²) in [5, 5.41) is 24.9. The van der Waals surface area contributed by atoms with Crippen molar-refractivity contribution in [2.24, 2.45) is 28.8 Å². The Labute approximate surface area is 347 Å². The molecule has 4 fully saturated rings. The first-order chi connectivity index (χ1) is 28.5. The quantitative estimate of drug-likeness (QED) is 0.0495. The van der Waals surface area contributed by atoms with Crippen LogP contribution < -0.4 is 9.47 Å². The van der Waals surface area contributed by atoms with E-state index in [4.69, 9.17) is 28.9 Å². The summed E-state index contributed by atoms with van der Waals surface area (Å²) in [6, 6.07) is 5.77. The molecule has 7 atom stereocenters. The highest BCUT2D eigenvalue weighted by atomic mass is 16.8. The van der Waals surface area contributed by atoms with E-state index in [1.54, 1.807) is 6.08 Å². The maximum atomic E-state index is 14.7. The number of rotatable bonds is 23. The van der Waals surface area contributed by atoms with Crippen LogP contribution in [0, 0.1) is 23.7 Å². The number of unbranched alkanes of at least 4 members (excludes halogenated alkanes) is 2. The van der Waals surface area contributed by atoms with Gasteiger partial charge in [-0.15, -0.1) is 6.58 Å². The third kappa shape index (κ3) is 10.1. The highest BCUT2D eigenvalue weighted by molar-refractivity contribution is 6.03. The van der Waals surface area contributed by atoms with Crippen LogP contribution in [0.15, 0.2) is 47.7 Å². The molecular weight excluding hydrogens is 735 g/mol. The Hall–Kier alpha value is -2.96. The molecule has 3 aliphatic heterocycles. The summed E-state index contributed by atoms with van der Waals surface area (Å²) in [6.07, 6.45) is 19.2. The molecule has 11 nitrogen and oxygen atoms in total. The number of aliphatic hydroxyl groups is 2. The molecule has 0 radical (unpaired) electrons. The zero-order valence-corrected chi connectivity index (χ0v) is 35.2. The van der Waals surface area contributed by atoms with Gasteiger partial charge in [0.1, 0.15) is 24.1 Å². The average molecular weight is 806 g/mol. The highest BCUT2D eigenvalue weighted by Gasteiger charge is 2.65. The SMILES string of the molecule is C=CCO[C@@]12Oc3ccc(OCCN4CC4)cc3[C@H]3[C@H](CCCCO)[C@@H](CCCCO)C=C(C(=NOC4CCCCO4)C[C@@H]1N(CCC)C(=O)CCC1CCCC1)[C@H]32. The topological polar surface area (TPSA) is 122 Å². The number of hydrogen-bond donors (Lipinski definition) is 2. The van der Waals surface area contributed by atoms with Crippen molar-refractivity contribution in [3.63, 3.8) is 0 Å². The van der Waals surface area contributed by atoms with Crippen molar-refractivity contribution in [3.8, 4) is 11.5 Å². The van der Waals surface area contributed by atoms with E-state index >= 15 is 0 Å². The third-order valence-corrected chi connectivity index (χ3v) is 13.7. The molecule has 2 saturated carbocycles. The molecule has 6 aliphatic rings. The van der Waals surface area contributed by atoms with Crippen LogP contribution >= 0.6 is 0 Å². The monoisotopic (exact) mass is 806 g/mol. The molecule has 1 amide bonds. The molecule has 2 saturated heterocycles. The zero-order chi connectivity index (χ0) is 40.3. The van der Waals surface area contributed by atoms with Crippen LogP contribution in [0.25, 0.3) is 0 Å². The van der Waals surface area contributed by atoms with Crippen molar-refractivity contribution in [1.29, 1.82) is 0 Å². The minimum atomic E-state index is -1.23. The Kier molecular flexibility index (Phi) is 15.6. The maximum Gasteiger partial charge on any atom is 0.239 e. The van der Waals surface area contributed by atoms with E-state index in [1.165, 1.54) is 25.7 Å². The molecular formula is C47H71N3O8. The lowest BCUT2D eigenvalue weighted by molar-refractivity contribution is -0.257. The molecule has 0 spiro atoms. The number of oxime groups is 1. The fourth-order valence-electron chi connectivity index (χ4n) is 10.7. The van der Waals surface area contributed by atoms with Gasteiger partial charge in [-0.2, -0.15) is 0 Å². The average Bonchev–Trinajstić information content (AvgIpc) is 3.92. The fraction of sp³-hybridized carbons (Fsp3) is 0.745. The summed E-state index contributed by atoms with van der Waals surface area (Å²) < 4.78 is 27.0. The lowest BCUT2D eigenvalue weighted by atomic mass is 9.55. The smallest absolute Gasteiger partial charge is 0.239 e. The van der Waals surface area contributed by atoms with E-state index in [1.807, 2.05) is 6.07 Å². The van der Waals surface area contributed by atoms with Crippen molar-refractivity contribution >= 4 is 11.6 Å². The van der Waals surface area contributed by atoms with Crippen molar-refractivity contribution in [1.82, 2.24) is 9.80 Å². The number of allylic oxidation sites excluding steroid dienone is 1. The lowest BCUT2D eigenvalue weighted by Gasteiger charge is -2.60. The van der Waals surface area contributed by atoms with Crippen LogP contribution in [0.4, 0.5) is 0 Å². The number of carbonyl (C=O) groups is 1. The Morgan fingerprint density at radius 3 is 2.57 bits per heavy atom. The van der Waals surface area contributed by atoms with Gasteiger partial charge in [0.15, 0.2) is 0 Å². The predicted molar refractivity (Wildman–Crippen MR) is 225 cm³/mol. The number of hydrogen-bond acceptors (Lipinski definition) is 10. The highest BCUT2D eigenvalue weighted by Crippen LogP contribution is 2.62. The van der Waals surface area contributed by atoms with Crippen LogP contribution in [0.1, 0.15) is 128 Å². The van der Waals surface area contributed by atoms with Gasteiger partial charge in [0.2, 0.25) is 18.0 Å². The molecule has 0 bridgehead atoms. The number of amides is 1. The molecule has 322 valence electrons. The lowest BCUT2D eigenvalue weighted by Crippen LogP contribution is -2.70. The van der Waals surface area contributed by atoms with Crippen LogP contribution in [0.3, 0.4) is 0 Å². The molecule has 2 N–H and O–H groups in total. The Bertz CT molecular complexity index is 1550. The van der Waals surface area contributed by atoms with Crippen molar-refractivity contribution < 1.29 is 38.8 Å². The van der Waals surface area contributed by atoms with Crippen LogP contribution in [-0.2, 0) is 19.1 Å². The van der Waals surface area contributed by atoms with Gasteiger partial charge in [-0.3, -0.25) is 9.69 Å². The molecule has 1 unspecified atom stereocenters. The Morgan fingerprint density at radius 1 is 1.05 bits per heavy atom. The minimum absolute atomic E-state index is 0.0712. The molecule has 3 aliphatic carbocycles. The summed E-state index contributed by atoms with van der Waals surface area (Å²) in [7, 11) is 0. The van der Waals surface area contributed by atoms with E-state index in [9.17, 15) is 15.0 Å². The molecule has 3 heterocycles. The van der Waals surface area contributed by atoms with E-state index < -0.39 is 18.1 Å². The summed E-state index contributed by atoms with van der Waals surface area (Å²) >= 11 is 0. The summed E-state index contributed by atoms with van der Waals surface area (Å²) in [5.74, 6) is 1.03. The number of fused-ring (bicyclic) bond motifs is 2. The Morgan fingerprint density at radius 2 is 1.84 bits per heavy atom. The van der Waals surface area contributed by atoms with Crippen molar-refractivity contribution in [2.75, 3.05) is 59.2 Å². The normalized spacial score (nSPS) is 29.9. The largest absolute Gasteiger partial charge is 0.492 e. The molecule has 58 heavy (non-hydrogen) atoms. The number of carbonyl (C=O) groups excluding carboxylic acids is 1. The van der Waals surface area contributed by atoms with Gasteiger partial charge in [-0.25, -0.2) is 0 Å². The van der Waals surface area contributed by atoms with Gasteiger partial charge in [0.05, 0.1) is 24.8 Å². The van der Waals surface area contributed by atoms with Gasteiger partial charge >= 0.3 is 0 Å². The Balaban J connectivity index is 1.37. The summed E-state index contributed by atoms with van der Waals surface area (Å²) in [6.45, 7) is 11.8. The van der Waals surface area contributed by atoms with Crippen LogP contribution in [0.2, 0.25) is 0 Å². The second-order valence-corrected chi connectivity index (χ2v) is 17.6. The fourth-order valence-corrected chi connectivity index (χ4v) is 10.7. The van der Waals surface area contributed by atoms with Gasteiger partial charge < -0.3 is 38.9 Å².